The SMILES string of the molecule is CC(C)NP(=O)(Oc1ccccc1)C(C)C. The number of hydrogen-bond donors (Lipinski definition) is 1. The molecule has 0 spiro atoms. The Kier molecular flexibility index (Phi) is 4.57. The van der Waals surface area contributed by atoms with E-state index in [0.29, 0.717) is 5.75 Å². The number of para-hydroxylation sites is 1. The molecule has 1 aromatic carbocycles. The molecule has 0 aliphatic carbocycles. The van der Waals surface area contributed by atoms with Crippen LogP contribution in [0.1, 0.15) is 27.7 Å². The van der Waals surface area contributed by atoms with Crippen molar-refractivity contribution in [2.24, 2.45) is 0 Å². The van der Waals surface area contributed by atoms with Gasteiger partial charge in [-0.05, 0) is 26.0 Å². The van der Waals surface area contributed by atoms with Crippen LogP contribution in [0.2, 0.25) is 0 Å². The molecule has 4 heteroatoms. The first-order chi connectivity index (χ1) is 7.44. The van der Waals surface area contributed by atoms with E-state index in [9.17, 15) is 4.57 Å². The number of hydrogen-bond acceptors (Lipinski definition) is 2. The minimum atomic E-state index is -2.82. The zero-order valence-corrected chi connectivity index (χ0v) is 11.2. The zero-order valence-electron chi connectivity index (χ0n) is 10.3. The minimum Gasteiger partial charge on any atom is -0.432 e. The van der Waals surface area contributed by atoms with Crippen LogP contribution in [-0.4, -0.2) is 11.7 Å². The van der Waals surface area contributed by atoms with Crippen molar-refractivity contribution in [1.82, 2.24) is 5.09 Å². The Hall–Kier alpha value is -0.790. The van der Waals surface area contributed by atoms with Crippen LogP contribution in [0.25, 0.3) is 0 Å². The van der Waals surface area contributed by atoms with Gasteiger partial charge in [0, 0.05) is 6.04 Å². The Morgan fingerprint density at radius 1 is 1.12 bits per heavy atom. The van der Waals surface area contributed by atoms with Gasteiger partial charge in [0.1, 0.15) is 5.75 Å². The molecule has 0 bridgehead atoms. The van der Waals surface area contributed by atoms with E-state index in [2.05, 4.69) is 5.09 Å². The summed E-state index contributed by atoms with van der Waals surface area (Å²) in [6.07, 6.45) is 0. The first-order valence-corrected chi connectivity index (χ1v) is 7.25. The predicted octanol–water partition coefficient (Wildman–Crippen LogP) is 3.66. The Morgan fingerprint density at radius 2 is 1.69 bits per heavy atom. The maximum absolute atomic E-state index is 12.6. The molecule has 1 N–H and O–H groups in total. The number of benzene rings is 1. The van der Waals surface area contributed by atoms with Crippen LogP contribution in [0.3, 0.4) is 0 Å². The fraction of sp³-hybridized carbons (Fsp3) is 0.500. The van der Waals surface area contributed by atoms with Crippen LogP contribution in [0, 0.1) is 0 Å². The lowest BCUT2D eigenvalue weighted by Gasteiger charge is -2.25. The van der Waals surface area contributed by atoms with Gasteiger partial charge in [0.2, 0.25) is 0 Å². The summed E-state index contributed by atoms with van der Waals surface area (Å²) in [6, 6.07) is 9.42. The van der Waals surface area contributed by atoms with Gasteiger partial charge in [0.25, 0.3) is 0 Å². The Balaban J connectivity index is 2.84. The molecule has 0 saturated carbocycles. The zero-order chi connectivity index (χ0) is 12.2. The van der Waals surface area contributed by atoms with Crippen LogP contribution in [0.4, 0.5) is 0 Å². The third kappa shape index (κ3) is 3.66. The van der Waals surface area contributed by atoms with Gasteiger partial charge < -0.3 is 4.52 Å². The van der Waals surface area contributed by atoms with Gasteiger partial charge in [-0.25, -0.2) is 5.09 Å². The van der Waals surface area contributed by atoms with Crippen molar-refractivity contribution in [2.75, 3.05) is 0 Å². The van der Waals surface area contributed by atoms with Gasteiger partial charge in [0.05, 0.1) is 5.66 Å². The highest BCUT2D eigenvalue weighted by molar-refractivity contribution is 7.58. The average Bonchev–Trinajstić information content (AvgIpc) is 2.17. The third-order valence-electron chi connectivity index (χ3n) is 2.10. The molecule has 0 amide bonds. The molecule has 0 saturated heterocycles. The molecule has 1 atom stereocenters. The lowest BCUT2D eigenvalue weighted by molar-refractivity contribution is 0.450. The van der Waals surface area contributed by atoms with Gasteiger partial charge in [0.15, 0.2) is 0 Å². The highest BCUT2D eigenvalue weighted by Gasteiger charge is 2.29. The highest BCUT2D eigenvalue weighted by atomic mass is 31.2. The second kappa shape index (κ2) is 5.51. The molecule has 0 aromatic heterocycles. The summed E-state index contributed by atoms with van der Waals surface area (Å²) in [4.78, 5) is 0. The molecule has 90 valence electrons. The molecular weight excluding hydrogens is 221 g/mol. The average molecular weight is 241 g/mol. The van der Waals surface area contributed by atoms with E-state index in [0.717, 1.165) is 0 Å². The van der Waals surface area contributed by atoms with Crippen LogP contribution in [0.5, 0.6) is 5.75 Å². The number of nitrogens with one attached hydrogen (secondary N) is 1. The van der Waals surface area contributed by atoms with E-state index in [1.165, 1.54) is 0 Å². The summed E-state index contributed by atoms with van der Waals surface area (Å²) in [5.41, 5.74) is -0.0462. The molecule has 3 nitrogen and oxygen atoms in total. The highest BCUT2D eigenvalue weighted by Crippen LogP contribution is 2.47. The van der Waals surface area contributed by atoms with Crippen molar-refractivity contribution in [2.45, 2.75) is 39.4 Å². The Morgan fingerprint density at radius 3 is 2.12 bits per heavy atom. The normalized spacial score (nSPS) is 15.1. The van der Waals surface area contributed by atoms with E-state index < -0.39 is 7.52 Å². The first-order valence-electron chi connectivity index (χ1n) is 5.56. The molecule has 0 aliphatic rings. The maximum Gasteiger partial charge on any atom is 0.319 e. The summed E-state index contributed by atoms with van der Waals surface area (Å²) in [5.74, 6) is 0.646. The Labute approximate surface area is 97.7 Å². The standard InChI is InChI=1S/C12H20NO2P/c1-10(2)13-16(14,11(3)4)15-12-8-6-5-7-9-12/h5-11H,1-4H3,(H,13,14). The Bertz CT molecular complexity index is 363. The van der Waals surface area contributed by atoms with E-state index in [4.69, 9.17) is 4.52 Å². The van der Waals surface area contributed by atoms with Gasteiger partial charge in [-0.15, -0.1) is 0 Å². The summed E-state index contributed by atoms with van der Waals surface area (Å²) in [6.45, 7) is 7.73. The molecule has 0 aliphatic heterocycles. The van der Waals surface area contributed by atoms with Gasteiger partial charge in [-0.2, -0.15) is 0 Å². The fourth-order valence-electron chi connectivity index (χ4n) is 1.28. The predicted molar refractivity (Wildman–Crippen MR) is 68.1 cm³/mol. The minimum absolute atomic E-state index is 0.0462. The fourth-order valence-corrected chi connectivity index (χ4v) is 3.00. The lowest BCUT2D eigenvalue weighted by atomic mass is 10.3. The molecule has 0 fully saturated rings. The topological polar surface area (TPSA) is 38.3 Å². The van der Waals surface area contributed by atoms with Crippen molar-refractivity contribution in [3.63, 3.8) is 0 Å². The quantitative estimate of drug-likeness (QED) is 0.799. The van der Waals surface area contributed by atoms with Crippen LogP contribution < -0.4 is 9.61 Å². The molecule has 1 unspecified atom stereocenters. The van der Waals surface area contributed by atoms with Crippen LogP contribution >= 0.6 is 7.52 Å². The summed E-state index contributed by atoms with van der Waals surface area (Å²) >= 11 is 0. The molecule has 0 heterocycles. The summed E-state index contributed by atoms with van der Waals surface area (Å²) in [7, 11) is -2.82. The first kappa shape index (κ1) is 13.3. The van der Waals surface area contributed by atoms with Crippen LogP contribution in [-0.2, 0) is 4.57 Å². The second-order valence-corrected chi connectivity index (χ2v) is 7.05. The maximum atomic E-state index is 12.6. The van der Waals surface area contributed by atoms with E-state index >= 15 is 0 Å². The lowest BCUT2D eigenvalue weighted by Crippen LogP contribution is -2.26. The molecule has 0 radical (unpaired) electrons. The second-order valence-electron chi connectivity index (χ2n) is 4.38. The third-order valence-corrected chi connectivity index (χ3v) is 4.82. The van der Waals surface area contributed by atoms with E-state index in [-0.39, 0.29) is 11.7 Å². The molecule has 1 aromatic rings. The van der Waals surface area contributed by atoms with Crippen molar-refractivity contribution >= 4 is 7.52 Å². The van der Waals surface area contributed by atoms with Crippen molar-refractivity contribution in [3.05, 3.63) is 30.3 Å². The molecule has 1 rings (SSSR count). The van der Waals surface area contributed by atoms with E-state index in [1.54, 1.807) is 0 Å². The van der Waals surface area contributed by atoms with Crippen molar-refractivity contribution in [3.8, 4) is 5.75 Å². The smallest absolute Gasteiger partial charge is 0.319 e. The van der Waals surface area contributed by atoms with Crippen molar-refractivity contribution < 1.29 is 9.09 Å². The van der Waals surface area contributed by atoms with E-state index in [1.807, 2.05) is 58.0 Å². The van der Waals surface area contributed by atoms with Crippen LogP contribution in [0.15, 0.2) is 30.3 Å². The molecular formula is C12H20NO2P. The van der Waals surface area contributed by atoms with Gasteiger partial charge in [-0.3, -0.25) is 4.57 Å². The van der Waals surface area contributed by atoms with Gasteiger partial charge >= 0.3 is 7.52 Å². The number of rotatable bonds is 5. The molecule has 16 heavy (non-hydrogen) atoms. The van der Waals surface area contributed by atoms with Gasteiger partial charge in [-0.1, -0.05) is 32.0 Å². The monoisotopic (exact) mass is 241 g/mol. The van der Waals surface area contributed by atoms with Crippen molar-refractivity contribution in [1.29, 1.82) is 0 Å². The summed E-state index contributed by atoms with van der Waals surface area (Å²) in [5, 5.41) is 3.04. The summed E-state index contributed by atoms with van der Waals surface area (Å²) < 4.78 is 18.2. The largest absolute Gasteiger partial charge is 0.432 e.